The van der Waals surface area contributed by atoms with Gasteiger partial charge in [0.05, 0.1) is 5.88 Å². The number of nitrogens with zero attached hydrogens (tertiary/aromatic N) is 1. The van der Waals surface area contributed by atoms with Crippen molar-refractivity contribution in [2.24, 2.45) is 0 Å². The van der Waals surface area contributed by atoms with E-state index < -0.39 is 5.54 Å². The SMILES string of the molecule is CCSCN1C(=O)NC(C)(C)C1=O. The first-order valence-electron chi connectivity index (χ1n) is 4.21. The highest BCUT2D eigenvalue weighted by atomic mass is 32.2. The van der Waals surface area contributed by atoms with Gasteiger partial charge in [0, 0.05) is 0 Å². The Bertz CT molecular complexity index is 240. The third-order valence-corrected chi connectivity index (χ3v) is 2.72. The number of thioether (sulfide) groups is 1. The summed E-state index contributed by atoms with van der Waals surface area (Å²) in [6, 6.07) is -0.282. The van der Waals surface area contributed by atoms with Gasteiger partial charge in [-0.2, -0.15) is 0 Å². The molecule has 3 amide bonds. The predicted molar refractivity (Wildman–Crippen MR) is 52.5 cm³/mol. The molecule has 0 atom stereocenters. The third kappa shape index (κ3) is 1.96. The molecule has 0 aromatic carbocycles. The first-order valence-corrected chi connectivity index (χ1v) is 5.36. The first kappa shape index (κ1) is 10.4. The maximum absolute atomic E-state index is 11.6. The summed E-state index contributed by atoms with van der Waals surface area (Å²) in [5.74, 6) is 1.21. The minimum atomic E-state index is -0.731. The van der Waals surface area contributed by atoms with Crippen LogP contribution in [0.25, 0.3) is 0 Å². The Balaban J connectivity index is 2.66. The highest BCUT2D eigenvalue weighted by molar-refractivity contribution is 7.99. The average molecular weight is 202 g/mol. The van der Waals surface area contributed by atoms with E-state index in [4.69, 9.17) is 0 Å². The number of hydrogen-bond donors (Lipinski definition) is 1. The van der Waals surface area contributed by atoms with Crippen LogP contribution in [0.2, 0.25) is 0 Å². The Kier molecular flexibility index (Phi) is 2.85. The molecule has 1 fully saturated rings. The van der Waals surface area contributed by atoms with Crippen molar-refractivity contribution in [1.29, 1.82) is 0 Å². The lowest BCUT2D eigenvalue weighted by Crippen LogP contribution is -2.40. The lowest BCUT2D eigenvalue weighted by atomic mass is 10.1. The van der Waals surface area contributed by atoms with Crippen LogP contribution in [-0.4, -0.2) is 34.0 Å². The molecular formula is C8H14N2O2S. The van der Waals surface area contributed by atoms with E-state index >= 15 is 0 Å². The summed E-state index contributed by atoms with van der Waals surface area (Å²) >= 11 is 1.56. The van der Waals surface area contributed by atoms with Gasteiger partial charge in [0.15, 0.2) is 0 Å². The number of nitrogens with one attached hydrogen (secondary N) is 1. The topological polar surface area (TPSA) is 49.4 Å². The van der Waals surface area contributed by atoms with Crippen LogP contribution in [-0.2, 0) is 4.79 Å². The number of carbonyl (C=O) groups is 2. The number of imide groups is 1. The molecule has 1 heterocycles. The maximum Gasteiger partial charge on any atom is 0.325 e. The summed E-state index contributed by atoms with van der Waals surface area (Å²) in [6.07, 6.45) is 0. The van der Waals surface area contributed by atoms with Crippen molar-refractivity contribution in [3.8, 4) is 0 Å². The fourth-order valence-corrected chi connectivity index (χ4v) is 1.72. The second kappa shape index (κ2) is 3.57. The molecule has 5 heteroatoms. The van der Waals surface area contributed by atoms with Gasteiger partial charge in [0.1, 0.15) is 5.54 Å². The number of amides is 3. The Morgan fingerprint density at radius 3 is 2.46 bits per heavy atom. The molecular weight excluding hydrogens is 188 g/mol. The van der Waals surface area contributed by atoms with E-state index in [1.165, 1.54) is 4.90 Å². The maximum atomic E-state index is 11.6. The molecule has 1 aliphatic rings. The van der Waals surface area contributed by atoms with Gasteiger partial charge in [-0.15, -0.1) is 11.8 Å². The highest BCUT2D eigenvalue weighted by Crippen LogP contribution is 2.18. The number of carbonyl (C=O) groups excluding carboxylic acids is 2. The Labute approximate surface area is 82.0 Å². The van der Waals surface area contributed by atoms with Gasteiger partial charge in [-0.05, 0) is 19.6 Å². The highest BCUT2D eigenvalue weighted by Gasteiger charge is 2.43. The Morgan fingerprint density at radius 1 is 1.46 bits per heavy atom. The molecule has 1 N–H and O–H groups in total. The quantitative estimate of drug-likeness (QED) is 0.695. The molecule has 0 spiro atoms. The molecule has 0 radical (unpaired) electrons. The molecule has 1 aliphatic heterocycles. The fourth-order valence-electron chi connectivity index (χ4n) is 1.12. The van der Waals surface area contributed by atoms with Crippen LogP contribution in [0.5, 0.6) is 0 Å². The predicted octanol–water partition coefficient (Wildman–Crippen LogP) is 1.03. The molecule has 4 nitrogen and oxygen atoms in total. The first-order chi connectivity index (χ1) is 5.99. The van der Waals surface area contributed by atoms with Crippen molar-refractivity contribution in [3.63, 3.8) is 0 Å². The van der Waals surface area contributed by atoms with Crippen molar-refractivity contribution in [1.82, 2.24) is 10.2 Å². The molecule has 13 heavy (non-hydrogen) atoms. The van der Waals surface area contributed by atoms with Gasteiger partial charge in [-0.3, -0.25) is 9.69 Å². The van der Waals surface area contributed by atoms with Crippen molar-refractivity contribution in [2.45, 2.75) is 26.3 Å². The smallest absolute Gasteiger partial charge is 0.324 e. The molecule has 0 aliphatic carbocycles. The number of rotatable bonds is 3. The lowest BCUT2D eigenvalue weighted by molar-refractivity contribution is -0.129. The fraction of sp³-hybridized carbons (Fsp3) is 0.750. The van der Waals surface area contributed by atoms with Crippen LogP contribution in [0.1, 0.15) is 20.8 Å². The molecule has 0 saturated carbocycles. The van der Waals surface area contributed by atoms with Gasteiger partial charge >= 0.3 is 6.03 Å². The van der Waals surface area contributed by atoms with E-state index in [0.29, 0.717) is 5.88 Å². The summed E-state index contributed by atoms with van der Waals surface area (Å²) < 4.78 is 0. The minimum Gasteiger partial charge on any atom is -0.324 e. The summed E-state index contributed by atoms with van der Waals surface area (Å²) in [5.41, 5.74) is -0.731. The third-order valence-electron chi connectivity index (χ3n) is 1.87. The van der Waals surface area contributed by atoms with E-state index in [1.807, 2.05) is 6.92 Å². The van der Waals surface area contributed by atoms with Gasteiger partial charge in [0.25, 0.3) is 5.91 Å². The van der Waals surface area contributed by atoms with E-state index in [-0.39, 0.29) is 11.9 Å². The van der Waals surface area contributed by atoms with Gasteiger partial charge in [0.2, 0.25) is 0 Å². The zero-order chi connectivity index (χ0) is 10.1. The van der Waals surface area contributed by atoms with Crippen LogP contribution in [0, 0.1) is 0 Å². The van der Waals surface area contributed by atoms with Crippen molar-refractivity contribution in [3.05, 3.63) is 0 Å². The summed E-state index contributed by atoms with van der Waals surface area (Å²) in [6.45, 7) is 5.42. The van der Waals surface area contributed by atoms with Gasteiger partial charge in [-0.25, -0.2) is 4.79 Å². The summed E-state index contributed by atoms with van der Waals surface area (Å²) in [4.78, 5) is 24.1. The standard InChI is InChI=1S/C8H14N2O2S/c1-4-13-5-10-6(11)8(2,3)9-7(10)12/h4-5H2,1-3H3,(H,9,12). The van der Waals surface area contributed by atoms with E-state index in [2.05, 4.69) is 5.32 Å². The minimum absolute atomic E-state index is 0.140. The van der Waals surface area contributed by atoms with E-state index in [1.54, 1.807) is 25.6 Å². The molecule has 0 unspecified atom stereocenters. The zero-order valence-electron chi connectivity index (χ0n) is 8.09. The summed E-state index contributed by atoms with van der Waals surface area (Å²) in [7, 11) is 0. The normalized spacial score (nSPS) is 20.7. The zero-order valence-corrected chi connectivity index (χ0v) is 8.90. The monoisotopic (exact) mass is 202 g/mol. The van der Waals surface area contributed by atoms with Crippen LogP contribution in [0.3, 0.4) is 0 Å². The van der Waals surface area contributed by atoms with Crippen molar-refractivity contribution in [2.75, 3.05) is 11.6 Å². The van der Waals surface area contributed by atoms with Gasteiger partial charge in [-0.1, -0.05) is 6.92 Å². The molecule has 0 bridgehead atoms. The second-order valence-electron chi connectivity index (χ2n) is 3.41. The van der Waals surface area contributed by atoms with Crippen molar-refractivity contribution < 1.29 is 9.59 Å². The Hall–Kier alpha value is -0.710. The number of urea groups is 1. The van der Waals surface area contributed by atoms with E-state index in [0.717, 1.165) is 5.75 Å². The van der Waals surface area contributed by atoms with Crippen LogP contribution in [0.4, 0.5) is 4.79 Å². The Morgan fingerprint density at radius 2 is 2.08 bits per heavy atom. The van der Waals surface area contributed by atoms with Gasteiger partial charge < -0.3 is 5.32 Å². The van der Waals surface area contributed by atoms with Crippen molar-refractivity contribution >= 4 is 23.7 Å². The number of hydrogen-bond acceptors (Lipinski definition) is 3. The van der Waals surface area contributed by atoms with Crippen LogP contribution < -0.4 is 5.32 Å². The van der Waals surface area contributed by atoms with Crippen LogP contribution >= 0.6 is 11.8 Å². The molecule has 1 rings (SSSR count). The molecule has 0 aromatic rings. The summed E-state index contributed by atoms with van der Waals surface area (Å²) in [5, 5.41) is 2.63. The second-order valence-corrected chi connectivity index (χ2v) is 4.65. The van der Waals surface area contributed by atoms with Crippen LogP contribution in [0.15, 0.2) is 0 Å². The molecule has 0 aromatic heterocycles. The lowest BCUT2D eigenvalue weighted by Gasteiger charge is -2.15. The molecule has 74 valence electrons. The molecule has 1 saturated heterocycles. The van der Waals surface area contributed by atoms with E-state index in [9.17, 15) is 9.59 Å². The average Bonchev–Trinajstić information content (AvgIpc) is 2.21. The largest absolute Gasteiger partial charge is 0.325 e.